The molecular weight excluding hydrogens is 342 g/mol. The minimum atomic E-state index is 0.0793. The minimum Gasteiger partial charge on any atom is -0.496 e. The van der Waals surface area contributed by atoms with Gasteiger partial charge in [0, 0.05) is 16.5 Å². The van der Waals surface area contributed by atoms with Crippen molar-refractivity contribution in [2.45, 2.75) is 26.2 Å². The first-order valence-corrected chi connectivity index (χ1v) is 9.34. The molecule has 0 saturated carbocycles. The Morgan fingerprint density at radius 1 is 1.12 bits per heavy atom. The lowest BCUT2D eigenvalue weighted by Gasteiger charge is -2.20. The second-order valence-electron chi connectivity index (χ2n) is 6.98. The summed E-state index contributed by atoms with van der Waals surface area (Å²) in [6, 6.07) is 16.3. The first-order chi connectivity index (χ1) is 12.5. The number of ether oxygens (including phenoxy) is 1. The molecule has 2 aromatic carbocycles. The van der Waals surface area contributed by atoms with Crippen LogP contribution in [0.15, 0.2) is 59.0 Å². The van der Waals surface area contributed by atoms with Crippen molar-refractivity contribution < 1.29 is 4.74 Å². The van der Waals surface area contributed by atoms with Crippen LogP contribution >= 0.6 is 11.3 Å². The molecule has 26 heavy (non-hydrogen) atoms. The van der Waals surface area contributed by atoms with Gasteiger partial charge in [0.1, 0.15) is 5.75 Å². The highest BCUT2D eigenvalue weighted by atomic mass is 32.1. The molecular formula is C21H23N3OS. The first-order valence-electron chi connectivity index (χ1n) is 8.46. The van der Waals surface area contributed by atoms with Crippen LogP contribution in [0, 0.1) is 0 Å². The van der Waals surface area contributed by atoms with E-state index < -0.39 is 0 Å². The van der Waals surface area contributed by atoms with Gasteiger partial charge in [-0.05, 0) is 23.1 Å². The molecule has 3 aromatic rings. The molecule has 1 heterocycles. The summed E-state index contributed by atoms with van der Waals surface area (Å²) in [7, 11) is 1.68. The Hall–Kier alpha value is -2.66. The summed E-state index contributed by atoms with van der Waals surface area (Å²) in [5.74, 6) is 0.812. The topological polar surface area (TPSA) is 46.5 Å². The van der Waals surface area contributed by atoms with Crippen molar-refractivity contribution in [3.05, 3.63) is 65.0 Å². The van der Waals surface area contributed by atoms with Crippen LogP contribution in [0.25, 0.3) is 11.3 Å². The highest BCUT2D eigenvalue weighted by molar-refractivity contribution is 7.14. The molecule has 5 heteroatoms. The van der Waals surface area contributed by atoms with Gasteiger partial charge in [0.25, 0.3) is 0 Å². The van der Waals surface area contributed by atoms with E-state index in [1.807, 2.05) is 41.8 Å². The molecule has 0 atom stereocenters. The third-order valence-electron chi connectivity index (χ3n) is 4.04. The van der Waals surface area contributed by atoms with Gasteiger partial charge in [-0.3, -0.25) is 5.43 Å². The number of nitrogens with zero attached hydrogens (tertiary/aromatic N) is 2. The maximum atomic E-state index is 5.51. The molecule has 1 aromatic heterocycles. The largest absolute Gasteiger partial charge is 0.496 e. The van der Waals surface area contributed by atoms with E-state index in [9.17, 15) is 0 Å². The molecule has 0 amide bonds. The van der Waals surface area contributed by atoms with Gasteiger partial charge in [0.2, 0.25) is 5.13 Å². The van der Waals surface area contributed by atoms with E-state index >= 15 is 0 Å². The first kappa shape index (κ1) is 18.1. The monoisotopic (exact) mass is 365 g/mol. The highest BCUT2D eigenvalue weighted by Gasteiger charge is 2.15. The fourth-order valence-electron chi connectivity index (χ4n) is 2.51. The molecule has 1 N–H and O–H groups in total. The van der Waals surface area contributed by atoms with Crippen LogP contribution in [-0.2, 0) is 5.41 Å². The predicted molar refractivity (Wildman–Crippen MR) is 110 cm³/mol. The molecule has 0 aliphatic heterocycles. The third-order valence-corrected chi connectivity index (χ3v) is 4.78. The Labute approximate surface area is 158 Å². The Kier molecular flexibility index (Phi) is 5.38. The number of aromatic nitrogens is 1. The van der Waals surface area contributed by atoms with Crippen molar-refractivity contribution in [3.8, 4) is 17.0 Å². The van der Waals surface area contributed by atoms with E-state index in [-0.39, 0.29) is 5.41 Å². The van der Waals surface area contributed by atoms with Crippen molar-refractivity contribution in [2.24, 2.45) is 5.10 Å². The number of hydrogen-bond donors (Lipinski definition) is 1. The molecule has 3 rings (SSSR count). The second kappa shape index (κ2) is 7.70. The summed E-state index contributed by atoms with van der Waals surface area (Å²) in [5.41, 5.74) is 7.27. The van der Waals surface area contributed by atoms with Crippen molar-refractivity contribution in [1.82, 2.24) is 4.98 Å². The normalized spacial score (nSPS) is 11.7. The zero-order valence-electron chi connectivity index (χ0n) is 15.5. The van der Waals surface area contributed by atoms with E-state index in [0.29, 0.717) is 0 Å². The van der Waals surface area contributed by atoms with Crippen LogP contribution in [0.3, 0.4) is 0 Å². The lowest BCUT2D eigenvalue weighted by molar-refractivity contribution is 0.412. The number of anilines is 1. The molecule has 0 fully saturated rings. The number of benzene rings is 2. The molecule has 0 radical (unpaired) electrons. The highest BCUT2D eigenvalue weighted by Crippen LogP contribution is 2.28. The van der Waals surface area contributed by atoms with E-state index in [4.69, 9.17) is 4.74 Å². The van der Waals surface area contributed by atoms with Crippen molar-refractivity contribution in [2.75, 3.05) is 12.5 Å². The Balaban J connectivity index is 1.72. The van der Waals surface area contributed by atoms with Crippen LogP contribution in [0.5, 0.6) is 5.75 Å². The van der Waals surface area contributed by atoms with Crippen LogP contribution < -0.4 is 10.2 Å². The summed E-state index contributed by atoms with van der Waals surface area (Å²) >= 11 is 1.53. The fraction of sp³-hybridized carbons (Fsp3) is 0.238. The number of thiazole rings is 1. The van der Waals surface area contributed by atoms with Gasteiger partial charge in [-0.25, -0.2) is 4.98 Å². The SMILES string of the molecule is COc1cc(C(C)(C)C)ccc1C=NNc1nc(-c2ccccc2)cs1. The molecule has 0 saturated heterocycles. The number of nitrogens with one attached hydrogen (secondary N) is 1. The summed E-state index contributed by atoms with van der Waals surface area (Å²) < 4.78 is 5.51. The second-order valence-corrected chi connectivity index (χ2v) is 7.84. The van der Waals surface area contributed by atoms with Crippen molar-refractivity contribution in [3.63, 3.8) is 0 Å². The summed E-state index contributed by atoms with van der Waals surface area (Å²) in [5, 5.41) is 7.09. The molecule has 0 aliphatic carbocycles. The number of hydrogen-bond acceptors (Lipinski definition) is 5. The molecule has 4 nitrogen and oxygen atoms in total. The van der Waals surface area contributed by atoms with Crippen LogP contribution in [0.1, 0.15) is 31.9 Å². The van der Waals surface area contributed by atoms with E-state index in [1.165, 1.54) is 16.9 Å². The maximum Gasteiger partial charge on any atom is 0.203 e. The Morgan fingerprint density at radius 3 is 2.58 bits per heavy atom. The van der Waals surface area contributed by atoms with Crippen LogP contribution in [0.4, 0.5) is 5.13 Å². The van der Waals surface area contributed by atoms with E-state index in [0.717, 1.165) is 27.7 Å². The maximum absolute atomic E-state index is 5.51. The Bertz CT molecular complexity index is 895. The lowest BCUT2D eigenvalue weighted by atomic mass is 9.86. The zero-order chi connectivity index (χ0) is 18.6. The van der Waals surface area contributed by atoms with Gasteiger partial charge < -0.3 is 4.74 Å². The molecule has 0 spiro atoms. The van der Waals surface area contributed by atoms with Crippen LogP contribution in [-0.4, -0.2) is 18.3 Å². The minimum absolute atomic E-state index is 0.0793. The summed E-state index contributed by atoms with van der Waals surface area (Å²) in [6.45, 7) is 6.55. The van der Waals surface area contributed by atoms with Gasteiger partial charge >= 0.3 is 0 Å². The molecule has 0 bridgehead atoms. The summed E-state index contributed by atoms with van der Waals surface area (Å²) in [4.78, 5) is 4.56. The lowest BCUT2D eigenvalue weighted by Crippen LogP contribution is -2.11. The average Bonchev–Trinajstić information content (AvgIpc) is 3.11. The summed E-state index contributed by atoms with van der Waals surface area (Å²) in [6.07, 6.45) is 1.76. The average molecular weight is 366 g/mol. The van der Waals surface area contributed by atoms with Gasteiger partial charge in [-0.2, -0.15) is 5.10 Å². The number of methoxy groups -OCH3 is 1. The van der Waals surface area contributed by atoms with Crippen LogP contribution in [0.2, 0.25) is 0 Å². The van der Waals surface area contributed by atoms with Crippen molar-refractivity contribution >= 4 is 22.7 Å². The Morgan fingerprint density at radius 2 is 1.88 bits per heavy atom. The number of rotatable bonds is 5. The van der Waals surface area contributed by atoms with Gasteiger partial charge in [-0.1, -0.05) is 57.2 Å². The van der Waals surface area contributed by atoms with Gasteiger partial charge in [-0.15, -0.1) is 11.3 Å². The standard InChI is InChI=1S/C21H23N3OS/c1-21(2,3)17-11-10-16(19(12-17)25-4)13-22-24-20-23-18(14-26-20)15-8-6-5-7-9-15/h5-14H,1-4H3,(H,23,24). The zero-order valence-corrected chi connectivity index (χ0v) is 16.3. The van der Waals surface area contributed by atoms with Gasteiger partial charge in [0.15, 0.2) is 0 Å². The smallest absolute Gasteiger partial charge is 0.203 e. The molecule has 0 aliphatic rings. The van der Waals surface area contributed by atoms with E-state index in [1.54, 1.807) is 13.3 Å². The van der Waals surface area contributed by atoms with E-state index in [2.05, 4.69) is 48.4 Å². The predicted octanol–water partition coefficient (Wildman–Crippen LogP) is 5.56. The van der Waals surface area contributed by atoms with Gasteiger partial charge in [0.05, 0.1) is 19.0 Å². The number of hydrazone groups is 1. The van der Waals surface area contributed by atoms with Crippen molar-refractivity contribution in [1.29, 1.82) is 0 Å². The third kappa shape index (κ3) is 4.29. The quantitative estimate of drug-likeness (QED) is 0.475. The molecule has 0 unspecified atom stereocenters. The molecule has 134 valence electrons. The fourth-order valence-corrected chi connectivity index (χ4v) is 3.18.